The standard InChI is InChI=1S/C17H18ClNO2S/c1-12(22-16-8-6-14(18)7-9-16)17(20)19-15-5-3-4-13(10-15)11-21-2/h3-10,12H,11H2,1-2H3,(H,19,20)/t12-/m1/s1. The lowest BCUT2D eigenvalue weighted by Gasteiger charge is -2.13. The van der Waals surface area contributed by atoms with Gasteiger partial charge in [-0.15, -0.1) is 11.8 Å². The zero-order valence-electron chi connectivity index (χ0n) is 12.5. The van der Waals surface area contributed by atoms with Crippen LogP contribution in [0.4, 0.5) is 5.69 Å². The van der Waals surface area contributed by atoms with Crippen LogP contribution >= 0.6 is 23.4 Å². The van der Waals surface area contributed by atoms with E-state index in [0.717, 1.165) is 16.1 Å². The number of anilines is 1. The van der Waals surface area contributed by atoms with E-state index in [-0.39, 0.29) is 11.2 Å². The SMILES string of the molecule is COCc1cccc(NC(=O)[C@@H](C)Sc2ccc(Cl)cc2)c1. The number of rotatable bonds is 6. The number of halogens is 1. The monoisotopic (exact) mass is 335 g/mol. The summed E-state index contributed by atoms with van der Waals surface area (Å²) in [7, 11) is 1.65. The van der Waals surface area contributed by atoms with E-state index in [1.165, 1.54) is 11.8 Å². The molecule has 0 fully saturated rings. The molecule has 22 heavy (non-hydrogen) atoms. The van der Waals surface area contributed by atoms with E-state index in [1.54, 1.807) is 7.11 Å². The number of ether oxygens (including phenoxy) is 1. The van der Waals surface area contributed by atoms with Crippen molar-refractivity contribution in [3.8, 4) is 0 Å². The van der Waals surface area contributed by atoms with Crippen LogP contribution in [0.2, 0.25) is 5.02 Å². The smallest absolute Gasteiger partial charge is 0.237 e. The van der Waals surface area contributed by atoms with E-state index in [1.807, 2.05) is 55.5 Å². The van der Waals surface area contributed by atoms with Crippen LogP contribution < -0.4 is 5.32 Å². The van der Waals surface area contributed by atoms with Gasteiger partial charge in [-0.3, -0.25) is 4.79 Å². The zero-order chi connectivity index (χ0) is 15.9. The summed E-state index contributed by atoms with van der Waals surface area (Å²) < 4.78 is 5.10. The molecule has 1 amide bonds. The molecule has 0 aliphatic heterocycles. The number of hydrogen-bond acceptors (Lipinski definition) is 3. The van der Waals surface area contributed by atoms with Gasteiger partial charge in [0, 0.05) is 22.7 Å². The second-order valence-corrected chi connectivity index (χ2v) is 6.69. The third-order valence-electron chi connectivity index (χ3n) is 3.00. The molecule has 0 saturated carbocycles. The van der Waals surface area contributed by atoms with Crippen LogP contribution in [0.5, 0.6) is 0 Å². The molecule has 2 aromatic carbocycles. The average Bonchev–Trinajstić information content (AvgIpc) is 2.50. The van der Waals surface area contributed by atoms with Gasteiger partial charge in [0.1, 0.15) is 0 Å². The summed E-state index contributed by atoms with van der Waals surface area (Å²) in [5.41, 5.74) is 1.81. The Morgan fingerprint density at radius 1 is 1.27 bits per heavy atom. The number of hydrogen-bond donors (Lipinski definition) is 1. The second kappa shape index (κ2) is 8.22. The van der Waals surface area contributed by atoms with Crippen molar-refractivity contribution in [2.45, 2.75) is 23.7 Å². The fraction of sp³-hybridized carbons (Fsp3) is 0.235. The lowest BCUT2D eigenvalue weighted by Crippen LogP contribution is -2.22. The summed E-state index contributed by atoms with van der Waals surface area (Å²) in [5, 5.41) is 3.42. The summed E-state index contributed by atoms with van der Waals surface area (Å²) in [6.45, 7) is 2.41. The number of thioether (sulfide) groups is 1. The van der Waals surface area contributed by atoms with Crippen molar-refractivity contribution in [3.63, 3.8) is 0 Å². The maximum absolute atomic E-state index is 12.3. The molecular weight excluding hydrogens is 318 g/mol. The van der Waals surface area contributed by atoms with E-state index in [2.05, 4.69) is 5.32 Å². The quantitative estimate of drug-likeness (QED) is 0.784. The number of amides is 1. The minimum atomic E-state index is -0.202. The van der Waals surface area contributed by atoms with Gasteiger partial charge in [0.25, 0.3) is 0 Å². The molecule has 0 heterocycles. The minimum Gasteiger partial charge on any atom is -0.380 e. The molecule has 2 aromatic rings. The Hall–Kier alpha value is -1.49. The van der Waals surface area contributed by atoms with Gasteiger partial charge >= 0.3 is 0 Å². The summed E-state index contributed by atoms with van der Waals surface area (Å²) in [6, 6.07) is 15.1. The summed E-state index contributed by atoms with van der Waals surface area (Å²) in [5.74, 6) is -0.0329. The van der Waals surface area contributed by atoms with E-state index in [0.29, 0.717) is 11.6 Å². The van der Waals surface area contributed by atoms with Crippen LogP contribution in [0, 0.1) is 0 Å². The highest BCUT2D eigenvalue weighted by Gasteiger charge is 2.14. The van der Waals surface area contributed by atoms with Crippen LogP contribution in [-0.2, 0) is 16.1 Å². The maximum atomic E-state index is 12.3. The van der Waals surface area contributed by atoms with E-state index >= 15 is 0 Å². The molecule has 2 rings (SSSR count). The highest BCUT2D eigenvalue weighted by atomic mass is 35.5. The van der Waals surface area contributed by atoms with Crippen LogP contribution in [0.3, 0.4) is 0 Å². The molecule has 1 atom stereocenters. The molecule has 0 bridgehead atoms. The molecule has 0 radical (unpaired) electrons. The van der Waals surface area contributed by atoms with E-state index in [4.69, 9.17) is 16.3 Å². The van der Waals surface area contributed by atoms with Gasteiger partial charge in [0.2, 0.25) is 5.91 Å². The largest absolute Gasteiger partial charge is 0.380 e. The van der Waals surface area contributed by atoms with Crippen molar-refractivity contribution in [2.75, 3.05) is 12.4 Å². The first-order chi connectivity index (χ1) is 10.6. The molecule has 116 valence electrons. The van der Waals surface area contributed by atoms with Gasteiger partial charge in [-0.05, 0) is 48.9 Å². The number of carbonyl (C=O) groups is 1. The van der Waals surface area contributed by atoms with Gasteiger partial charge < -0.3 is 10.1 Å². The Bertz CT molecular complexity index is 631. The Balaban J connectivity index is 1.96. The van der Waals surface area contributed by atoms with Crippen molar-refractivity contribution >= 4 is 35.0 Å². The molecule has 0 spiro atoms. The molecule has 0 saturated heterocycles. The fourth-order valence-corrected chi connectivity index (χ4v) is 2.91. The summed E-state index contributed by atoms with van der Waals surface area (Å²) in [4.78, 5) is 13.3. The van der Waals surface area contributed by atoms with Crippen molar-refractivity contribution in [1.82, 2.24) is 0 Å². The number of benzene rings is 2. The molecule has 0 aliphatic carbocycles. The summed E-state index contributed by atoms with van der Waals surface area (Å²) in [6.07, 6.45) is 0. The molecule has 0 aliphatic rings. The fourth-order valence-electron chi connectivity index (χ4n) is 1.92. The van der Waals surface area contributed by atoms with E-state index in [9.17, 15) is 4.79 Å². The summed E-state index contributed by atoms with van der Waals surface area (Å²) >= 11 is 7.36. The molecule has 3 nitrogen and oxygen atoms in total. The lowest BCUT2D eigenvalue weighted by atomic mass is 10.2. The van der Waals surface area contributed by atoms with Gasteiger partial charge in [-0.2, -0.15) is 0 Å². The molecule has 0 aromatic heterocycles. The Kier molecular flexibility index (Phi) is 6.31. The van der Waals surface area contributed by atoms with Crippen molar-refractivity contribution in [2.24, 2.45) is 0 Å². The predicted octanol–water partition coefficient (Wildman–Crippen LogP) is 4.61. The first kappa shape index (κ1) is 16.9. The van der Waals surface area contributed by atoms with Crippen molar-refractivity contribution in [3.05, 3.63) is 59.1 Å². The van der Waals surface area contributed by atoms with Crippen molar-refractivity contribution < 1.29 is 9.53 Å². The average molecular weight is 336 g/mol. The predicted molar refractivity (Wildman–Crippen MR) is 92.6 cm³/mol. The Morgan fingerprint density at radius 3 is 2.68 bits per heavy atom. The normalized spacial score (nSPS) is 12.0. The molecule has 1 N–H and O–H groups in total. The third kappa shape index (κ3) is 5.05. The van der Waals surface area contributed by atoms with Gasteiger partial charge in [0.15, 0.2) is 0 Å². The zero-order valence-corrected chi connectivity index (χ0v) is 14.1. The molecular formula is C17H18ClNO2S. The van der Waals surface area contributed by atoms with E-state index < -0.39 is 0 Å². The first-order valence-corrected chi connectivity index (χ1v) is 8.15. The number of carbonyl (C=O) groups excluding carboxylic acids is 1. The van der Waals surface area contributed by atoms with Crippen LogP contribution in [0.15, 0.2) is 53.4 Å². The van der Waals surface area contributed by atoms with Crippen LogP contribution in [-0.4, -0.2) is 18.3 Å². The topological polar surface area (TPSA) is 38.3 Å². The third-order valence-corrected chi connectivity index (χ3v) is 4.37. The number of methoxy groups -OCH3 is 1. The van der Waals surface area contributed by atoms with Gasteiger partial charge in [0.05, 0.1) is 11.9 Å². The highest BCUT2D eigenvalue weighted by molar-refractivity contribution is 8.00. The van der Waals surface area contributed by atoms with Gasteiger partial charge in [-0.25, -0.2) is 0 Å². The highest BCUT2D eigenvalue weighted by Crippen LogP contribution is 2.25. The Morgan fingerprint density at radius 2 is 2.00 bits per heavy atom. The van der Waals surface area contributed by atoms with Crippen LogP contribution in [0.1, 0.15) is 12.5 Å². The Labute approximate surface area is 140 Å². The molecule has 0 unspecified atom stereocenters. The van der Waals surface area contributed by atoms with Crippen molar-refractivity contribution in [1.29, 1.82) is 0 Å². The van der Waals surface area contributed by atoms with Crippen LogP contribution in [0.25, 0.3) is 0 Å². The maximum Gasteiger partial charge on any atom is 0.237 e. The lowest BCUT2D eigenvalue weighted by molar-refractivity contribution is -0.115. The second-order valence-electron chi connectivity index (χ2n) is 4.84. The first-order valence-electron chi connectivity index (χ1n) is 6.89. The van der Waals surface area contributed by atoms with Gasteiger partial charge in [-0.1, -0.05) is 23.7 Å². The minimum absolute atomic E-state index is 0.0329. The number of nitrogens with one attached hydrogen (secondary N) is 1. The molecule has 5 heteroatoms.